The van der Waals surface area contributed by atoms with Gasteiger partial charge in [0.2, 0.25) is 0 Å². The molecule has 6 nitrogen and oxygen atoms in total. The fraction of sp³-hybridized carbons (Fsp3) is 0.333. The number of carboxylic acids is 1. The minimum atomic E-state index is -1.15. The molecule has 1 amide bonds. The molecule has 1 unspecified atom stereocenters. The first-order valence-corrected chi connectivity index (χ1v) is 7.53. The molecule has 0 fully saturated rings. The lowest BCUT2D eigenvalue weighted by Crippen LogP contribution is -2.29. The van der Waals surface area contributed by atoms with E-state index in [-0.39, 0.29) is 17.6 Å². The molecule has 0 radical (unpaired) electrons. The molecule has 7 heteroatoms. The van der Waals surface area contributed by atoms with E-state index in [2.05, 4.69) is 9.97 Å². The number of carbonyl (C=O) groups excluding carboxylic acids is 1. The fourth-order valence-corrected chi connectivity index (χ4v) is 3.19. The van der Waals surface area contributed by atoms with Crippen molar-refractivity contribution in [3.63, 3.8) is 0 Å². The summed E-state index contributed by atoms with van der Waals surface area (Å²) in [7, 11) is 1.70. The van der Waals surface area contributed by atoms with E-state index in [1.54, 1.807) is 23.3 Å². The molecule has 2 rings (SSSR count). The Morgan fingerprint density at radius 2 is 2.05 bits per heavy atom. The zero-order valence-corrected chi connectivity index (χ0v) is 13.6. The van der Waals surface area contributed by atoms with Crippen LogP contribution in [0.1, 0.15) is 49.4 Å². The number of pyridine rings is 1. The van der Waals surface area contributed by atoms with E-state index in [9.17, 15) is 9.59 Å². The maximum absolute atomic E-state index is 12.5. The lowest BCUT2D eigenvalue weighted by atomic mass is 10.1. The van der Waals surface area contributed by atoms with Gasteiger partial charge in [-0.05, 0) is 32.9 Å². The second-order valence-electron chi connectivity index (χ2n) is 5.01. The quantitative estimate of drug-likeness (QED) is 0.936. The average molecular weight is 319 g/mol. The van der Waals surface area contributed by atoms with Crippen molar-refractivity contribution >= 4 is 23.2 Å². The van der Waals surface area contributed by atoms with Crippen LogP contribution in [0, 0.1) is 13.8 Å². The van der Waals surface area contributed by atoms with Crippen LogP contribution in [0.2, 0.25) is 0 Å². The first-order chi connectivity index (χ1) is 10.3. The highest BCUT2D eigenvalue weighted by Gasteiger charge is 2.23. The molecule has 0 spiro atoms. The van der Waals surface area contributed by atoms with Crippen LogP contribution in [-0.4, -0.2) is 38.9 Å². The third-order valence-electron chi connectivity index (χ3n) is 3.45. The summed E-state index contributed by atoms with van der Waals surface area (Å²) in [5.41, 5.74) is 1.08. The molecule has 0 aromatic carbocycles. The van der Waals surface area contributed by atoms with Crippen molar-refractivity contribution in [1.82, 2.24) is 14.9 Å². The third-order valence-corrected chi connectivity index (χ3v) is 4.69. The number of aromatic nitrogens is 2. The summed E-state index contributed by atoms with van der Waals surface area (Å²) >= 11 is 1.56. The van der Waals surface area contributed by atoms with Gasteiger partial charge in [-0.1, -0.05) is 0 Å². The maximum Gasteiger partial charge on any atom is 0.354 e. The molecule has 2 heterocycles. The van der Waals surface area contributed by atoms with Crippen LogP contribution in [0.25, 0.3) is 0 Å². The van der Waals surface area contributed by atoms with Crippen LogP contribution in [0.15, 0.2) is 18.3 Å². The Labute approximate surface area is 132 Å². The minimum Gasteiger partial charge on any atom is -0.477 e. The number of nitrogens with zero attached hydrogens (tertiary/aromatic N) is 3. The van der Waals surface area contributed by atoms with Gasteiger partial charge in [-0.25, -0.2) is 14.8 Å². The number of amides is 1. The monoisotopic (exact) mass is 319 g/mol. The van der Waals surface area contributed by atoms with Gasteiger partial charge < -0.3 is 10.0 Å². The van der Waals surface area contributed by atoms with E-state index in [1.807, 2.05) is 20.8 Å². The first-order valence-electron chi connectivity index (χ1n) is 6.71. The molecule has 0 aliphatic carbocycles. The highest BCUT2D eigenvalue weighted by molar-refractivity contribution is 7.11. The zero-order chi connectivity index (χ0) is 16.4. The Bertz CT molecular complexity index is 727. The van der Waals surface area contributed by atoms with Gasteiger partial charge in [0.1, 0.15) is 5.69 Å². The second-order valence-corrected chi connectivity index (χ2v) is 6.24. The van der Waals surface area contributed by atoms with E-state index in [0.717, 1.165) is 15.6 Å². The molecule has 0 aliphatic heterocycles. The molecule has 2 aromatic rings. The van der Waals surface area contributed by atoms with E-state index >= 15 is 0 Å². The van der Waals surface area contributed by atoms with Gasteiger partial charge in [0.25, 0.3) is 5.91 Å². The average Bonchev–Trinajstić information content (AvgIpc) is 2.83. The second kappa shape index (κ2) is 6.23. The van der Waals surface area contributed by atoms with Crippen molar-refractivity contribution in [2.24, 2.45) is 0 Å². The van der Waals surface area contributed by atoms with Gasteiger partial charge in [0.05, 0.1) is 16.7 Å². The van der Waals surface area contributed by atoms with E-state index in [0.29, 0.717) is 5.56 Å². The number of thiazole rings is 1. The zero-order valence-electron chi connectivity index (χ0n) is 12.8. The van der Waals surface area contributed by atoms with Gasteiger partial charge in [-0.15, -0.1) is 11.3 Å². The summed E-state index contributed by atoms with van der Waals surface area (Å²) in [5, 5.41) is 9.92. The summed E-state index contributed by atoms with van der Waals surface area (Å²) in [6.07, 6.45) is 1.33. The van der Waals surface area contributed by atoms with Crippen molar-refractivity contribution in [2.75, 3.05) is 7.05 Å². The van der Waals surface area contributed by atoms with Crippen molar-refractivity contribution in [3.05, 3.63) is 45.2 Å². The lowest BCUT2D eigenvalue weighted by Gasteiger charge is -2.24. The van der Waals surface area contributed by atoms with Crippen molar-refractivity contribution in [2.45, 2.75) is 26.8 Å². The molecule has 116 valence electrons. The molecular weight excluding hydrogens is 302 g/mol. The van der Waals surface area contributed by atoms with Gasteiger partial charge in [0, 0.05) is 23.7 Å². The van der Waals surface area contributed by atoms with Gasteiger partial charge in [0.15, 0.2) is 0 Å². The van der Waals surface area contributed by atoms with Crippen LogP contribution in [0.5, 0.6) is 0 Å². The van der Waals surface area contributed by atoms with Crippen LogP contribution >= 0.6 is 11.3 Å². The highest BCUT2D eigenvalue weighted by Crippen LogP contribution is 2.29. The molecule has 0 bridgehead atoms. The summed E-state index contributed by atoms with van der Waals surface area (Å²) in [5.74, 6) is -1.40. The number of carboxylic acid groups (broad SMARTS) is 1. The molecule has 1 N–H and O–H groups in total. The number of hydrogen-bond donors (Lipinski definition) is 1. The summed E-state index contributed by atoms with van der Waals surface area (Å²) in [4.78, 5) is 34.2. The Balaban J connectivity index is 2.27. The molecular formula is C15H17N3O3S. The van der Waals surface area contributed by atoms with Crippen molar-refractivity contribution < 1.29 is 14.7 Å². The van der Waals surface area contributed by atoms with Crippen molar-refractivity contribution in [1.29, 1.82) is 0 Å². The standard InChI is InChI=1S/C15H17N3O3S/c1-8-13(22-10(3)17-8)9(2)18(4)14(19)11-5-6-16-12(7-11)15(20)21/h5-7,9H,1-4H3,(H,20,21). The number of rotatable bonds is 4. The maximum atomic E-state index is 12.5. The Morgan fingerprint density at radius 1 is 1.36 bits per heavy atom. The van der Waals surface area contributed by atoms with E-state index in [1.165, 1.54) is 18.3 Å². The molecule has 0 saturated carbocycles. The summed E-state index contributed by atoms with van der Waals surface area (Å²) < 4.78 is 0. The number of hydrogen-bond acceptors (Lipinski definition) is 5. The largest absolute Gasteiger partial charge is 0.477 e. The third kappa shape index (κ3) is 3.14. The van der Waals surface area contributed by atoms with E-state index in [4.69, 9.17) is 5.11 Å². The Morgan fingerprint density at radius 3 is 2.59 bits per heavy atom. The molecule has 2 aromatic heterocycles. The molecule has 22 heavy (non-hydrogen) atoms. The lowest BCUT2D eigenvalue weighted by molar-refractivity contribution is 0.0690. The topological polar surface area (TPSA) is 83.4 Å². The highest BCUT2D eigenvalue weighted by atomic mass is 32.1. The van der Waals surface area contributed by atoms with Gasteiger partial charge >= 0.3 is 5.97 Å². The fourth-order valence-electron chi connectivity index (χ4n) is 2.17. The molecule has 0 saturated heterocycles. The minimum absolute atomic E-state index is 0.139. The van der Waals surface area contributed by atoms with Crippen LogP contribution in [0.4, 0.5) is 0 Å². The number of aromatic carboxylic acids is 1. The molecule has 0 aliphatic rings. The number of aryl methyl sites for hydroxylation is 2. The van der Waals surface area contributed by atoms with Crippen LogP contribution < -0.4 is 0 Å². The predicted octanol–water partition coefficient (Wildman–Crippen LogP) is 2.69. The van der Waals surface area contributed by atoms with Gasteiger partial charge in [-0.2, -0.15) is 0 Å². The Hall–Kier alpha value is -2.28. The Kier molecular flexibility index (Phi) is 4.56. The number of carbonyl (C=O) groups is 2. The SMILES string of the molecule is Cc1nc(C)c(C(C)N(C)C(=O)c2ccnc(C(=O)O)c2)s1. The van der Waals surface area contributed by atoms with E-state index < -0.39 is 5.97 Å². The van der Waals surface area contributed by atoms with Crippen LogP contribution in [-0.2, 0) is 0 Å². The summed E-state index contributed by atoms with van der Waals surface area (Å²) in [6.45, 7) is 5.78. The molecule has 1 atom stereocenters. The van der Waals surface area contributed by atoms with Crippen molar-refractivity contribution in [3.8, 4) is 0 Å². The smallest absolute Gasteiger partial charge is 0.354 e. The summed E-state index contributed by atoms with van der Waals surface area (Å²) in [6, 6.07) is 2.67. The first kappa shape index (κ1) is 16.1. The normalized spacial score (nSPS) is 12.0. The van der Waals surface area contributed by atoms with Crippen LogP contribution in [0.3, 0.4) is 0 Å². The van der Waals surface area contributed by atoms with Gasteiger partial charge in [-0.3, -0.25) is 4.79 Å². The predicted molar refractivity (Wildman–Crippen MR) is 83.3 cm³/mol.